The molecule has 1 aliphatic rings. The number of hydrogen-bond acceptors (Lipinski definition) is 7. The summed E-state index contributed by atoms with van der Waals surface area (Å²) in [6, 6.07) is 15.0. The lowest BCUT2D eigenvalue weighted by Crippen LogP contribution is -2.35. The predicted octanol–water partition coefficient (Wildman–Crippen LogP) is 3.27. The van der Waals surface area contributed by atoms with Crippen LogP contribution in [0.3, 0.4) is 0 Å². The maximum absolute atomic E-state index is 12.7. The van der Waals surface area contributed by atoms with Gasteiger partial charge < -0.3 is 9.15 Å². The highest BCUT2D eigenvalue weighted by molar-refractivity contribution is 7.89. The molecule has 2 heterocycles. The number of ether oxygens (including phenoxy) is 1. The van der Waals surface area contributed by atoms with Gasteiger partial charge in [-0.2, -0.15) is 4.31 Å². The van der Waals surface area contributed by atoms with Gasteiger partial charge in [-0.3, -0.25) is 0 Å². The summed E-state index contributed by atoms with van der Waals surface area (Å²) in [6.07, 6.45) is 2.78. The van der Waals surface area contributed by atoms with Crippen molar-refractivity contribution in [2.24, 2.45) is 0 Å². The molecule has 1 saturated heterocycles. The third-order valence-electron chi connectivity index (χ3n) is 4.86. The maximum Gasteiger partial charge on any atom is 0.338 e. The highest BCUT2D eigenvalue weighted by Crippen LogP contribution is 2.21. The van der Waals surface area contributed by atoms with Gasteiger partial charge in [-0.15, -0.1) is 10.2 Å². The molecule has 1 aliphatic heterocycles. The zero-order chi connectivity index (χ0) is 21.0. The van der Waals surface area contributed by atoms with E-state index in [4.69, 9.17) is 9.15 Å². The molecule has 9 heteroatoms. The van der Waals surface area contributed by atoms with Gasteiger partial charge in [-0.1, -0.05) is 24.6 Å². The minimum atomic E-state index is -3.54. The van der Waals surface area contributed by atoms with E-state index in [2.05, 4.69) is 10.2 Å². The second-order valence-electron chi connectivity index (χ2n) is 6.93. The minimum absolute atomic E-state index is 0.172. The largest absolute Gasteiger partial charge is 0.452 e. The minimum Gasteiger partial charge on any atom is -0.452 e. The number of hydrogen-bond donors (Lipinski definition) is 0. The van der Waals surface area contributed by atoms with Gasteiger partial charge in [-0.25, -0.2) is 13.2 Å². The van der Waals surface area contributed by atoms with Crippen LogP contribution in [0.4, 0.5) is 0 Å². The summed E-state index contributed by atoms with van der Waals surface area (Å²) in [7, 11) is -3.54. The molecule has 30 heavy (non-hydrogen) atoms. The highest BCUT2D eigenvalue weighted by Gasteiger charge is 2.26. The van der Waals surface area contributed by atoms with Crippen LogP contribution < -0.4 is 0 Å². The molecule has 156 valence electrons. The van der Waals surface area contributed by atoms with E-state index < -0.39 is 16.0 Å². The summed E-state index contributed by atoms with van der Waals surface area (Å²) < 4.78 is 37.6. The number of benzene rings is 2. The molecule has 8 nitrogen and oxygen atoms in total. The van der Waals surface area contributed by atoms with Gasteiger partial charge in [0.2, 0.25) is 15.9 Å². The van der Waals surface area contributed by atoms with Crippen molar-refractivity contribution in [3.05, 3.63) is 66.1 Å². The van der Waals surface area contributed by atoms with Crippen molar-refractivity contribution in [3.8, 4) is 11.5 Å². The van der Waals surface area contributed by atoms with Crippen molar-refractivity contribution in [2.75, 3.05) is 13.1 Å². The van der Waals surface area contributed by atoms with E-state index in [0.717, 1.165) is 24.8 Å². The van der Waals surface area contributed by atoms with Gasteiger partial charge in [0.15, 0.2) is 6.61 Å². The fraction of sp³-hybridized carbons (Fsp3) is 0.286. The van der Waals surface area contributed by atoms with Gasteiger partial charge in [0.1, 0.15) is 0 Å². The Labute approximate surface area is 174 Å². The molecule has 1 fully saturated rings. The van der Waals surface area contributed by atoms with E-state index in [-0.39, 0.29) is 23.0 Å². The first-order chi connectivity index (χ1) is 14.5. The number of aromatic nitrogens is 2. The zero-order valence-electron chi connectivity index (χ0n) is 16.2. The number of nitrogens with zero attached hydrogens (tertiary/aromatic N) is 3. The third-order valence-corrected chi connectivity index (χ3v) is 6.77. The van der Waals surface area contributed by atoms with Crippen LogP contribution in [0.15, 0.2) is 63.9 Å². The lowest BCUT2D eigenvalue weighted by molar-refractivity contribution is 0.0438. The molecular weight excluding hydrogens is 406 g/mol. The topological polar surface area (TPSA) is 103 Å². The number of sulfonamides is 1. The Morgan fingerprint density at radius 1 is 0.967 bits per heavy atom. The second-order valence-corrected chi connectivity index (χ2v) is 8.87. The predicted molar refractivity (Wildman–Crippen MR) is 108 cm³/mol. The van der Waals surface area contributed by atoms with Crippen molar-refractivity contribution in [3.63, 3.8) is 0 Å². The highest BCUT2D eigenvalue weighted by atomic mass is 32.2. The molecule has 0 amide bonds. The van der Waals surface area contributed by atoms with Crippen molar-refractivity contribution in [1.82, 2.24) is 14.5 Å². The van der Waals surface area contributed by atoms with Crippen molar-refractivity contribution < 1.29 is 22.4 Å². The normalized spacial score (nSPS) is 15.1. The number of carbonyl (C=O) groups is 1. The first-order valence-electron chi connectivity index (χ1n) is 9.69. The van der Waals surface area contributed by atoms with Crippen LogP contribution in [-0.2, 0) is 21.4 Å². The quantitative estimate of drug-likeness (QED) is 0.556. The standard InChI is InChI=1S/C21H21N3O5S/c25-21(28-15-19-22-23-20(29-19)16-7-3-1-4-8-16)17-9-11-18(12-10-17)30(26,27)24-13-5-2-6-14-24/h1,3-4,7-12H,2,5-6,13-15H2. The maximum atomic E-state index is 12.7. The second kappa shape index (κ2) is 8.76. The lowest BCUT2D eigenvalue weighted by atomic mass is 10.2. The summed E-state index contributed by atoms with van der Waals surface area (Å²) in [4.78, 5) is 12.5. The molecule has 2 aromatic carbocycles. The first-order valence-corrected chi connectivity index (χ1v) is 11.1. The SMILES string of the molecule is O=C(OCc1nnc(-c2ccccc2)o1)c1ccc(S(=O)(=O)N2CCCCC2)cc1. The molecule has 0 unspecified atom stereocenters. The molecule has 3 aromatic rings. The van der Waals surface area contributed by atoms with E-state index in [1.807, 2.05) is 30.3 Å². The molecule has 0 N–H and O–H groups in total. The van der Waals surface area contributed by atoms with Gasteiger partial charge in [-0.05, 0) is 49.2 Å². The number of piperidine rings is 1. The van der Waals surface area contributed by atoms with Gasteiger partial charge >= 0.3 is 5.97 Å². The zero-order valence-corrected chi connectivity index (χ0v) is 17.0. The Morgan fingerprint density at radius 2 is 1.67 bits per heavy atom. The van der Waals surface area contributed by atoms with Crippen LogP contribution in [0.2, 0.25) is 0 Å². The van der Waals surface area contributed by atoms with Crippen LogP contribution in [0.1, 0.15) is 35.5 Å². The van der Waals surface area contributed by atoms with Crippen molar-refractivity contribution >= 4 is 16.0 Å². The van der Waals surface area contributed by atoms with Crippen molar-refractivity contribution in [2.45, 2.75) is 30.8 Å². The van der Waals surface area contributed by atoms with Crippen LogP contribution >= 0.6 is 0 Å². The average Bonchev–Trinajstić information content (AvgIpc) is 3.28. The summed E-state index contributed by atoms with van der Waals surface area (Å²) in [5, 5.41) is 7.82. The Kier molecular flexibility index (Phi) is 5.91. The number of rotatable bonds is 6. The van der Waals surface area contributed by atoms with E-state index in [0.29, 0.717) is 19.0 Å². The van der Waals surface area contributed by atoms with E-state index in [9.17, 15) is 13.2 Å². The van der Waals surface area contributed by atoms with E-state index in [1.165, 1.54) is 28.6 Å². The molecule has 0 radical (unpaired) electrons. The van der Waals surface area contributed by atoms with Crippen LogP contribution in [0.5, 0.6) is 0 Å². The number of esters is 1. The number of carbonyl (C=O) groups excluding carboxylic acids is 1. The molecule has 0 bridgehead atoms. The Hall–Kier alpha value is -3.04. The average molecular weight is 427 g/mol. The van der Waals surface area contributed by atoms with Crippen LogP contribution in [0, 0.1) is 0 Å². The molecule has 0 aliphatic carbocycles. The Balaban J connectivity index is 1.38. The van der Waals surface area contributed by atoms with Crippen LogP contribution in [0.25, 0.3) is 11.5 Å². The van der Waals surface area contributed by atoms with Gasteiger partial charge in [0, 0.05) is 18.7 Å². The first kappa shape index (κ1) is 20.2. The summed E-state index contributed by atoms with van der Waals surface area (Å²) in [6.45, 7) is 0.884. The summed E-state index contributed by atoms with van der Waals surface area (Å²) in [5.74, 6) is -0.0863. The summed E-state index contributed by atoms with van der Waals surface area (Å²) in [5.41, 5.74) is 1.02. The molecular formula is C21H21N3O5S. The fourth-order valence-corrected chi connectivity index (χ4v) is 4.75. The van der Waals surface area contributed by atoms with Crippen LogP contribution in [-0.4, -0.2) is 42.0 Å². The third kappa shape index (κ3) is 4.42. The molecule has 0 saturated carbocycles. The Bertz CT molecular complexity index is 1110. The smallest absolute Gasteiger partial charge is 0.338 e. The molecule has 0 spiro atoms. The molecule has 4 rings (SSSR count). The van der Waals surface area contributed by atoms with Gasteiger partial charge in [0.25, 0.3) is 5.89 Å². The van der Waals surface area contributed by atoms with E-state index in [1.54, 1.807) is 0 Å². The molecule has 1 aromatic heterocycles. The molecule has 0 atom stereocenters. The van der Waals surface area contributed by atoms with E-state index >= 15 is 0 Å². The monoisotopic (exact) mass is 427 g/mol. The van der Waals surface area contributed by atoms with Gasteiger partial charge in [0.05, 0.1) is 10.5 Å². The Morgan fingerprint density at radius 3 is 2.37 bits per heavy atom. The summed E-state index contributed by atoms with van der Waals surface area (Å²) >= 11 is 0. The lowest BCUT2D eigenvalue weighted by Gasteiger charge is -2.25. The van der Waals surface area contributed by atoms with Crippen molar-refractivity contribution in [1.29, 1.82) is 0 Å². The fourth-order valence-electron chi connectivity index (χ4n) is 3.24.